The van der Waals surface area contributed by atoms with Gasteiger partial charge in [0.2, 0.25) is 0 Å². The molecule has 0 amide bonds. The fourth-order valence-electron chi connectivity index (χ4n) is 0.349. The fourth-order valence-corrected chi connectivity index (χ4v) is 1.05. The van der Waals surface area contributed by atoms with Gasteiger partial charge >= 0.3 is 0 Å². The van der Waals surface area contributed by atoms with Crippen molar-refractivity contribution < 1.29 is 0 Å². The lowest BCUT2D eigenvalue weighted by Crippen LogP contribution is -2.31. The van der Waals surface area contributed by atoms with E-state index in [2.05, 4.69) is 31.1 Å². The highest BCUT2D eigenvalue weighted by molar-refractivity contribution is 6.83. The largest absolute Gasteiger partial charge is 0.316 e. The molecule has 0 bridgehead atoms. The maximum absolute atomic E-state index is 5.69. The van der Waals surface area contributed by atoms with Crippen molar-refractivity contribution in [2.45, 2.75) is 39.0 Å². The Balaban J connectivity index is 4.19. The molecule has 0 rings (SSSR count). The fraction of sp³-hybridized carbons (Fsp3) is 0.750. The van der Waals surface area contributed by atoms with Crippen LogP contribution in [-0.4, -0.2) is 13.6 Å². The van der Waals surface area contributed by atoms with Gasteiger partial charge in [-0.1, -0.05) is 25.6 Å². The normalized spacial score (nSPS) is 12.2. The smallest absolute Gasteiger partial charge is 0.129 e. The van der Waals surface area contributed by atoms with Crippen molar-refractivity contribution in [3.63, 3.8) is 0 Å². The van der Waals surface area contributed by atoms with Crippen molar-refractivity contribution in [2.75, 3.05) is 0 Å². The molecule has 10 heavy (non-hydrogen) atoms. The van der Waals surface area contributed by atoms with Gasteiger partial charge in [0.15, 0.2) is 0 Å². The van der Waals surface area contributed by atoms with Gasteiger partial charge in [-0.15, -0.1) is 5.54 Å². The molecule has 0 saturated heterocycles. The molecule has 0 aliphatic carbocycles. The van der Waals surface area contributed by atoms with Gasteiger partial charge < -0.3 is 5.73 Å². The summed E-state index contributed by atoms with van der Waals surface area (Å²) in [4.78, 5) is 0. The van der Waals surface area contributed by atoms with Crippen LogP contribution in [-0.2, 0) is 0 Å². The average Bonchev–Trinajstić information content (AvgIpc) is 1.57. The standard InChI is InChI=1S/C8H17NSi/c1-8(2,9)6-7-10(3,4)5/h9H2,1-5H3. The molecule has 0 spiro atoms. The first-order valence-corrected chi connectivity index (χ1v) is 7.04. The van der Waals surface area contributed by atoms with E-state index in [1.54, 1.807) is 0 Å². The van der Waals surface area contributed by atoms with Gasteiger partial charge in [0, 0.05) is 0 Å². The molecule has 2 heteroatoms. The van der Waals surface area contributed by atoms with E-state index >= 15 is 0 Å². The van der Waals surface area contributed by atoms with Gasteiger partial charge in [-0.25, -0.2) is 0 Å². The SMILES string of the molecule is CC(C)(N)C#C[Si](C)(C)C. The molecule has 0 aromatic heterocycles. The third kappa shape index (κ3) is 7.74. The lowest BCUT2D eigenvalue weighted by atomic mass is 10.1. The molecule has 0 fully saturated rings. The minimum atomic E-state index is -1.21. The second-order valence-electron chi connectivity index (χ2n) is 4.22. The minimum absolute atomic E-state index is 0.319. The van der Waals surface area contributed by atoms with Gasteiger partial charge in [-0.05, 0) is 13.8 Å². The number of nitrogens with two attached hydrogens (primary N) is 1. The van der Waals surface area contributed by atoms with Crippen molar-refractivity contribution >= 4 is 8.07 Å². The second-order valence-corrected chi connectivity index (χ2v) is 8.97. The second kappa shape index (κ2) is 2.77. The Bertz CT molecular complexity index is 142. The highest BCUT2D eigenvalue weighted by Crippen LogP contribution is 1.99. The molecule has 0 aliphatic heterocycles. The Morgan fingerprint density at radius 3 is 1.70 bits per heavy atom. The molecule has 2 N–H and O–H groups in total. The van der Waals surface area contributed by atoms with Gasteiger partial charge in [0.1, 0.15) is 8.07 Å². The van der Waals surface area contributed by atoms with Crippen molar-refractivity contribution in [3.05, 3.63) is 0 Å². The van der Waals surface area contributed by atoms with E-state index < -0.39 is 8.07 Å². The van der Waals surface area contributed by atoms with E-state index in [0.29, 0.717) is 0 Å². The molecule has 0 aromatic carbocycles. The monoisotopic (exact) mass is 155 g/mol. The van der Waals surface area contributed by atoms with Gasteiger partial charge in [0.25, 0.3) is 0 Å². The van der Waals surface area contributed by atoms with Gasteiger partial charge in [-0.3, -0.25) is 0 Å². The summed E-state index contributed by atoms with van der Waals surface area (Å²) in [6.07, 6.45) is 0. The van der Waals surface area contributed by atoms with Gasteiger partial charge in [-0.2, -0.15) is 0 Å². The topological polar surface area (TPSA) is 26.0 Å². The molecule has 0 aliphatic rings. The van der Waals surface area contributed by atoms with Crippen LogP contribution in [0.15, 0.2) is 0 Å². The van der Waals surface area contributed by atoms with Crippen LogP contribution in [0, 0.1) is 11.5 Å². The van der Waals surface area contributed by atoms with Crippen LogP contribution in [0.5, 0.6) is 0 Å². The summed E-state index contributed by atoms with van der Waals surface area (Å²) in [6.45, 7) is 10.5. The molecule has 0 aromatic rings. The van der Waals surface area contributed by atoms with Crippen molar-refractivity contribution in [2.24, 2.45) is 5.73 Å². The van der Waals surface area contributed by atoms with Crippen LogP contribution in [0.4, 0.5) is 0 Å². The maximum Gasteiger partial charge on any atom is 0.129 e. The third-order valence-corrected chi connectivity index (χ3v) is 1.63. The van der Waals surface area contributed by atoms with Crippen LogP contribution in [0.25, 0.3) is 0 Å². The molecule has 0 radical (unpaired) electrons. The summed E-state index contributed by atoms with van der Waals surface area (Å²) in [5.74, 6) is 3.05. The van der Waals surface area contributed by atoms with Crippen LogP contribution < -0.4 is 5.73 Å². The Morgan fingerprint density at radius 1 is 1.20 bits per heavy atom. The Labute approximate surface area is 65.0 Å². The number of hydrogen-bond acceptors (Lipinski definition) is 1. The van der Waals surface area contributed by atoms with E-state index in [1.165, 1.54) is 0 Å². The van der Waals surface area contributed by atoms with E-state index in [0.717, 1.165) is 0 Å². The third-order valence-electron chi connectivity index (χ3n) is 0.760. The Morgan fingerprint density at radius 2 is 1.60 bits per heavy atom. The molecule has 58 valence electrons. The highest BCUT2D eigenvalue weighted by atomic mass is 28.3. The Kier molecular flexibility index (Phi) is 2.70. The van der Waals surface area contributed by atoms with E-state index in [9.17, 15) is 0 Å². The molecular formula is C8H17NSi. The van der Waals surface area contributed by atoms with Crippen LogP contribution in [0.2, 0.25) is 19.6 Å². The lowest BCUT2D eigenvalue weighted by Gasteiger charge is -2.11. The van der Waals surface area contributed by atoms with Crippen LogP contribution >= 0.6 is 0 Å². The predicted octanol–water partition coefficient (Wildman–Crippen LogP) is 1.60. The van der Waals surface area contributed by atoms with Crippen LogP contribution in [0.1, 0.15) is 13.8 Å². The molecule has 0 saturated carbocycles. The summed E-state index contributed by atoms with van der Waals surface area (Å²) in [5.41, 5.74) is 8.60. The first kappa shape index (κ1) is 9.74. The van der Waals surface area contributed by atoms with Crippen molar-refractivity contribution in [1.82, 2.24) is 0 Å². The zero-order chi connectivity index (χ0) is 8.41. The predicted molar refractivity (Wildman–Crippen MR) is 49.4 cm³/mol. The lowest BCUT2D eigenvalue weighted by molar-refractivity contribution is 0.681. The Hall–Kier alpha value is -0.263. The minimum Gasteiger partial charge on any atom is -0.316 e. The summed E-state index contributed by atoms with van der Waals surface area (Å²) < 4.78 is 0. The van der Waals surface area contributed by atoms with Crippen molar-refractivity contribution in [1.29, 1.82) is 0 Å². The van der Waals surface area contributed by atoms with Gasteiger partial charge in [0.05, 0.1) is 5.54 Å². The molecule has 1 nitrogen and oxygen atoms in total. The van der Waals surface area contributed by atoms with E-state index in [1.807, 2.05) is 13.8 Å². The molecule has 0 atom stereocenters. The number of rotatable bonds is 0. The van der Waals surface area contributed by atoms with Crippen LogP contribution in [0.3, 0.4) is 0 Å². The molecule has 0 heterocycles. The first-order valence-electron chi connectivity index (χ1n) is 3.54. The highest BCUT2D eigenvalue weighted by Gasteiger charge is 2.10. The summed E-state index contributed by atoms with van der Waals surface area (Å²) in [6, 6.07) is 0. The summed E-state index contributed by atoms with van der Waals surface area (Å²) in [7, 11) is -1.21. The van der Waals surface area contributed by atoms with Crippen molar-refractivity contribution in [3.8, 4) is 11.5 Å². The zero-order valence-corrected chi connectivity index (χ0v) is 8.58. The number of hydrogen-bond donors (Lipinski definition) is 1. The maximum atomic E-state index is 5.69. The molecular weight excluding hydrogens is 138 g/mol. The summed E-state index contributed by atoms with van der Waals surface area (Å²) >= 11 is 0. The van der Waals surface area contributed by atoms with E-state index in [-0.39, 0.29) is 5.54 Å². The first-order chi connectivity index (χ1) is 4.21. The summed E-state index contributed by atoms with van der Waals surface area (Å²) in [5, 5.41) is 0. The average molecular weight is 155 g/mol. The van der Waals surface area contributed by atoms with E-state index in [4.69, 9.17) is 5.73 Å². The zero-order valence-electron chi connectivity index (χ0n) is 7.58. The quantitative estimate of drug-likeness (QED) is 0.417. The molecule has 0 unspecified atom stereocenters.